The number of unbranched alkanes of at least 4 members (excludes halogenated alkanes) is 19. The molecule has 0 aromatic heterocycles. The minimum absolute atomic E-state index is 0.0264. The summed E-state index contributed by atoms with van der Waals surface area (Å²) in [5, 5.41) is 13.2. The largest absolute Gasteiger partial charge is 0.465 e. The van der Waals surface area contributed by atoms with Gasteiger partial charge in [0.1, 0.15) is 0 Å². The molecule has 1 rings (SSSR count). The van der Waals surface area contributed by atoms with Crippen LogP contribution in [0.2, 0.25) is 0 Å². The van der Waals surface area contributed by atoms with Crippen LogP contribution in [0.5, 0.6) is 0 Å². The van der Waals surface area contributed by atoms with Crippen molar-refractivity contribution in [2.75, 3.05) is 59.1 Å². The molecule has 366 valence electrons. The average molecular weight is 878 g/mol. The molecule has 0 spiro atoms. The summed E-state index contributed by atoms with van der Waals surface area (Å²) in [4.78, 5) is 43.0. The van der Waals surface area contributed by atoms with Gasteiger partial charge in [-0.15, -0.1) is 0 Å². The molecule has 0 aliphatic heterocycles. The molecule has 2 N–H and O–H groups in total. The molecule has 1 aliphatic carbocycles. The molecular formula is C53H103N3O6. The van der Waals surface area contributed by atoms with E-state index in [2.05, 4.69) is 42.8 Å². The standard InChI is InChI=1S/C53H103N3O6/c1-5-9-13-17-20-23-32-48(31-22-16-12-8-4)45-54-51(58)36-24-21-28-39-55(43-44-57)41-42-56(50-34-30-35-50)40-29-27-33-49(46-61-52(59)37-25-18-14-10-6-2)47-62-53(60)38-26-19-15-11-7-3/h48-50,57H,5-47H2,1-4H3,(H,54,58). The van der Waals surface area contributed by atoms with Crippen LogP contribution in [0.1, 0.15) is 246 Å². The number of hydrogen-bond donors (Lipinski definition) is 2. The molecule has 0 heterocycles. The Morgan fingerprint density at radius 1 is 0.516 bits per heavy atom. The summed E-state index contributed by atoms with van der Waals surface area (Å²) in [5.41, 5.74) is 0. The molecule has 0 radical (unpaired) electrons. The van der Waals surface area contributed by atoms with E-state index in [4.69, 9.17) is 9.47 Å². The highest BCUT2D eigenvalue weighted by molar-refractivity contribution is 5.75. The molecule has 1 saturated carbocycles. The molecule has 0 aromatic carbocycles. The monoisotopic (exact) mass is 878 g/mol. The number of hydrogen-bond acceptors (Lipinski definition) is 8. The van der Waals surface area contributed by atoms with Crippen molar-refractivity contribution >= 4 is 17.8 Å². The molecule has 0 saturated heterocycles. The molecule has 1 unspecified atom stereocenters. The van der Waals surface area contributed by atoms with Crippen molar-refractivity contribution in [2.24, 2.45) is 11.8 Å². The topological polar surface area (TPSA) is 108 Å². The Morgan fingerprint density at radius 3 is 1.50 bits per heavy atom. The van der Waals surface area contributed by atoms with Gasteiger partial charge in [-0.3, -0.25) is 24.2 Å². The van der Waals surface area contributed by atoms with E-state index >= 15 is 0 Å². The zero-order valence-electron chi connectivity index (χ0n) is 41.5. The number of rotatable bonds is 47. The summed E-state index contributed by atoms with van der Waals surface area (Å²) >= 11 is 0. The van der Waals surface area contributed by atoms with Crippen LogP contribution < -0.4 is 5.32 Å². The Kier molecular flexibility index (Phi) is 40.6. The Morgan fingerprint density at radius 2 is 0.968 bits per heavy atom. The summed E-state index contributed by atoms with van der Waals surface area (Å²) in [6.07, 6.45) is 37.9. The van der Waals surface area contributed by atoms with Crippen molar-refractivity contribution in [3.05, 3.63) is 0 Å². The van der Waals surface area contributed by atoms with Crippen LogP contribution in [0.3, 0.4) is 0 Å². The van der Waals surface area contributed by atoms with Crippen molar-refractivity contribution < 1.29 is 29.0 Å². The zero-order valence-corrected chi connectivity index (χ0v) is 41.5. The number of nitrogens with zero attached hydrogens (tertiary/aromatic N) is 2. The summed E-state index contributed by atoms with van der Waals surface area (Å²) < 4.78 is 11.5. The first-order valence-electron chi connectivity index (χ1n) is 27.0. The molecule has 9 heteroatoms. The number of aliphatic hydroxyl groups is 1. The third kappa shape index (κ3) is 34.7. The van der Waals surface area contributed by atoms with Crippen molar-refractivity contribution in [3.8, 4) is 0 Å². The normalized spacial score (nSPS) is 13.5. The van der Waals surface area contributed by atoms with Crippen LogP contribution in [-0.4, -0.2) is 97.9 Å². The summed E-state index contributed by atoms with van der Waals surface area (Å²) in [5.74, 6) is 0.591. The third-order valence-electron chi connectivity index (χ3n) is 13.3. The van der Waals surface area contributed by atoms with Gasteiger partial charge in [-0.25, -0.2) is 0 Å². The van der Waals surface area contributed by atoms with Crippen molar-refractivity contribution in [2.45, 2.75) is 252 Å². The van der Waals surface area contributed by atoms with Gasteiger partial charge >= 0.3 is 11.9 Å². The molecule has 1 atom stereocenters. The number of esters is 2. The van der Waals surface area contributed by atoms with Crippen LogP contribution in [-0.2, 0) is 23.9 Å². The van der Waals surface area contributed by atoms with Gasteiger partial charge < -0.3 is 19.9 Å². The van der Waals surface area contributed by atoms with Crippen LogP contribution in [0.4, 0.5) is 0 Å². The lowest BCUT2D eigenvalue weighted by Gasteiger charge is -2.39. The number of carbonyl (C=O) groups is 3. The first-order chi connectivity index (χ1) is 30.4. The van der Waals surface area contributed by atoms with Gasteiger partial charge in [0.15, 0.2) is 0 Å². The highest BCUT2D eigenvalue weighted by Gasteiger charge is 2.25. The van der Waals surface area contributed by atoms with Gasteiger partial charge in [-0.1, -0.05) is 163 Å². The quantitative estimate of drug-likeness (QED) is 0.0460. The summed E-state index contributed by atoms with van der Waals surface area (Å²) in [6.45, 7) is 15.2. The van der Waals surface area contributed by atoms with E-state index in [-0.39, 0.29) is 30.4 Å². The van der Waals surface area contributed by atoms with E-state index in [1.807, 2.05) is 0 Å². The van der Waals surface area contributed by atoms with E-state index < -0.39 is 0 Å². The maximum atomic E-state index is 12.8. The maximum Gasteiger partial charge on any atom is 0.305 e. The molecule has 1 aliphatic rings. The minimum Gasteiger partial charge on any atom is -0.465 e. The highest BCUT2D eigenvalue weighted by atomic mass is 16.5. The van der Waals surface area contributed by atoms with Crippen LogP contribution in [0.25, 0.3) is 0 Å². The number of aliphatic hydroxyl groups excluding tert-OH is 1. The van der Waals surface area contributed by atoms with Gasteiger partial charge in [0.2, 0.25) is 5.91 Å². The van der Waals surface area contributed by atoms with E-state index in [9.17, 15) is 19.5 Å². The lowest BCUT2D eigenvalue weighted by molar-refractivity contribution is -0.149. The molecule has 1 amide bonds. The number of nitrogens with one attached hydrogen (secondary N) is 1. The van der Waals surface area contributed by atoms with E-state index in [0.717, 1.165) is 96.9 Å². The molecule has 9 nitrogen and oxygen atoms in total. The second-order valence-corrected chi connectivity index (χ2v) is 19.1. The smallest absolute Gasteiger partial charge is 0.305 e. The van der Waals surface area contributed by atoms with Crippen molar-refractivity contribution in [1.82, 2.24) is 15.1 Å². The van der Waals surface area contributed by atoms with Crippen molar-refractivity contribution in [3.63, 3.8) is 0 Å². The highest BCUT2D eigenvalue weighted by Crippen LogP contribution is 2.26. The Labute approximate surface area is 383 Å². The van der Waals surface area contributed by atoms with E-state index in [0.29, 0.717) is 51.0 Å². The van der Waals surface area contributed by atoms with Crippen LogP contribution in [0, 0.1) is 11.8 Å². The molecule has 62 heavy (non-hydrogen) atoms. The third-order valence-corrected chi connectivity index (χ3v) is 13.3. The number of ether oxygens (including phenoxy) is 2. The van der Waals surface area contributed by atoms with Gasteiger partial charge in [-0.2, -0.15) is 0 Å². The predicted octanol–water partition coefficient (Wildman–Crippen LogP) is 12.7. The lowest BCUT2D eigenvalue weighted by atomic mass is 9.91. The molecule has 0 bridgehead atoms. The van der Waals surface area contributed by atoms with Crippen LogP contribution >= 0.6 is 0 Å². The zero-order chi connectivity index (χ0) is 45.1. The minimum atomic E-state index is -0.131. The number of carbonyl (C=O) groups excluding carboxylic acids is 3. The fourth-order valence-corrected chi connectivity index (χ4v) is 8.82. The second kappa shape index (κ2) is 43.2. The molecule has 0 aromatic rings. The van der Waals surface area contributed by atoms with Gasteiger partial charge in [0.25, 0.3) is 0 Å². The number of amides is 1. The maximum absolute atomic E-state index is 12.8. The van der Waals surface area contributed by atoms with Crippen molar-refractivity contribution in [1.29, 1.82) is 0 Å². The first-order valence-corrected chi connectivity index (χ1v) is 27.0. The first kappa shape index (κ1) is 58.3. The van der Waals surface area contributed by atoms with E-state index in [1.54, 1.807) is 0 Å². The Bertz CT molecular complexity index is 995. The van der Waals surface area contributed by atoms with Gasteiger partial charge in [0, 0.05) is 57.4 Å². The summed E-state index contributed by atoms with van der Waals surface area (Å²) in [7, 11) is 0. The second-order valence-electron chi connectivity index (χ2n) is 19.1. The fraction of sp³-hybridized carbons (Fsp3) is 0.943. The fourth-order valence-electron chi connectivity index (χ4n) is 8.82. The lowest BCUT2D eigenvalue weighted by Crippen LogP contribution is -2.45. The average Bonchev–Trinajstić information content (AvgIpc) is 3.25. The Balaban J connectivity index is 2.51. The molecule has 1 fully saturated rings. The molecular weight excluding hydrogens is 775 g/mol. The van der Waals surface area contributed by atoms with Gasteiger partial charge in [0.05, 0.1) is 19.8 Å². The van der Waals surface area contributed by atoms with Gasteiger partial charge in [-0.05, 0) is 83.2 Å². The van der Waals surface area contributed by atoms with Crippen LogP contribution in [0.15, 0.2) is 0 Å². The SMILES string of the molecule is CCCCCCCCC(CCCCCC)CNC(=O)CCCCCN(CCO)CCN(CCCCC(COC(=O)CCCCCCC)COC(=O)CCCCCCC)C1CCC1. The predicted molar refractivity (Wildman–Crippen MR) is 260 cm³/mol. The summed E-state index contributed by atoms with van der Waals surface area (Å²) in [6, 6.07) is 0.638. The van der Waals surface area contributed by atoms with E-state index in [1.165, 1.54) is 135 Å². The Hall–Kier alpha value is -1.71.